The number of nitrogens with zero attached hydrogens (tertiary/aromatic N) is 6. The van der Waals surface area contributed by atoms with Crippen LogP contribution in [0, 0.1) is 0 Å². The number of aromatic hydroxyl groups is 3. The molecular formula is C39H41N9O9. The first-order valence-electron chi connectivity index (χ1n) is 18.3. The van der Waals surface area contributed by atoms with Gasteiger partial charge in [-0.2, -0.15) is 9.97 Å². The molecule has 0 radical (unpaired) electrons. The Morgan fingerprint density at radius 1 is 0.912 bits per heavy atom. The first-order chi connectivity index (χ1) is 27.6. The van der Waals surface area contributed by atoms with E-state index in [9.17, 15) is 35.4 Å². The van der Waals surface area contributed by atoms with Gasteiger partial charge in [-0.3, -0.25) is 4.57 Å². The van der Waals surface area contributed by atoms with Crippen molar-refractivity contribution in [1.82, 2.24) is 35.3 Å². The van der Waals surface area contributed by atoms with E-state index in [0.29, 0.717) is 49.0 Å². The van der Waals surface area contributed by atoms with Crippen molar-refractivity contribution >= 4 is 29.0 Å². The van der Waals surface area contributed by atoms with Gasteiger partial charge in [0.2, 0.25) is 5.95 Å². The third-order valence-electron chi connectivity index (χ3n) is 10.2. The van der Waals surface area contributed by atoms with Gasteiger partial charge in [0.1, 0.15) is 41.3 Å². The molecule has 0 saturated carbocycles. The summed E-state index contributed by atoms with van der Waals surface area (Å²) in [6.07, 6.45) is -3.06. The third-order valence-corrected chi connectivity index (χ3v) is 10.2. The number of aliphatic hydroxyl groups excluding tert-OH is 3. The minimum atomic E-state index is -1.43. The predicted octanol–water partition coefficient (Wildman–Crippen LogP) is 2.74. The summed E-state index contributed by atoms with van der Waals surface area (Å²) in [5.74, 6) is 0.905. The zero-order chi connectivity index (χ0) is 39.6. The number of phenolic OH excluding ortho intramolecular Hbond substituents is 3. The Balaban J connectivity index is 1.08. The second-order valence-corrected chi connectivity index (χ2v) is 14.0. The Morgan fingerprint density at radius 3 is 2.33 bits per heavy atom. The van der Waals surface area contributed by atoms with E-state index >= 15 is 0 Å². The normalized spacial score (nSPS) is 20.7. The minimum absolute atomic E-state index is 0.112. The zero-order valence-corrected chi connectivity index (χ0v) is 30.4. The SMILES string of the molecule is O=C(NCc1cccc(O)c1)N[C@@H]1CCN(c2nc(NCC(c3ccc(O)cc3)c3ccc(O)cc3)c3ncn([C@@H]4O[C@H](c5cc(CO)no5)[C@@H](O)[C@@H]4O)c3n2)C1. The number of fused-ring (bicyclic) bond motifs is 1. The summed E-state index contributed by atoms with van der Waals surface area (Å²) in [5, 5.41) is 74.6. The van der Waals surface area contributed by atoms with Crippen LogP contribution in [0.5, 0.6) is 17.2 Å². The second-order valence-electron chi connectivity index (χ2n) is 14.0. The number of anilines is 2. The van der Waals surface area contributed by atoms with E-state index in [0.717, 1.165) is 16.7 Å². The number of aliphatic hydroxyl groups is 3. The highest BCUT2D eigenvalue weighted by Gasteiger charge is 2.47. The number of phenols is 3. The molecule has 2 saturated heterocycles. The van der Waals surface area contributed by atoms with Gasteiger partial charge in [-0.1, -0.05) is 41.6 Å². The van der Waals surface area contributed by atoms with Crippen LogP contribution in [0.15, 0.2) is 89.7 Å². The van der Waals surface area contributed by atoms with Gasteiger partial charge in [-0.05, 0) is 59.5 Å². The van der Waals surface area contributed by atoms with Crippen molar-refractivity contribution in [2.24, 2.45) is 0 Å². The number of rotatable bonds is 12. The maximum atomic E-state index is 12.8. The van der Waals surface area contributed by atoms with Gasteiger partial charge in [0.05, 0.1) is 12.9 Å². The number of carbonyl (C=O) groups is 1. The summed E-state index contributed by atoms with van der Waals surface area (Å²) in [4.78, 5) is 29.2. The minimum Gasteiger partial charge on any atom is -0.508 e. The number of hydrogen-bond donors (Lipinski definition) is 9. The molecule has 8 rings (SSSR count). The lowest BCUT2D eigenvalue weighted by atomic mass is 9.91. The molecule has 296 valence electrons. The monoisotopic (exact) mass is 779 g/mol. The molecule has 0 aliphatic carbocycles. The van der Waals surface area contributed by atoms with Gasteiger partial charge in [-0.25, -0.2) is 9.78 Å². The maximum Gasteiger partial charge on any atom is 0.315 e. The fraction of sp³-hybridized carbons (Fsp3) is 0.308. The van der Waals surface area contributed by atoms with E-state index in [1.165, 1.54) is 17.0 Å². The molecule has 18 nitrogen and oxygen atoms in total. The van der Waals surface area contributed by atoms with Crippen LogP contribution >= 0.6 is 0 Å². The van der Waals surface area contributed by atoms with Crippen molar-refractivity contribution in [3.63, 3.8) is 0 Å². The molecule has 0 unspecified atom stereocenters. The number of nitrogens with one attached hydrogen (secondary N) is 3. The van der Waals surface area contributed by atoms with Crippen molar-refractivity contribution in [3.8, 4) is 17.2 Å². The lowest BCUT2D eigenvalue weighted by Crippen LogP contribution is -2.43. The van der Waals surface area contributed by atoms with Crippen molar-refractivity contribution in [2.75, 3.05) is 29.9 Å². The molecule has 0 bridgehead atoms. The molecule has 2 aliphatic heterocycles. The largest absolute Gasteiger partial charge is 0.508 e. The Hall–Kier alpha value is -6.47. The van der Waals surface area contributed by atoms with E-state index in [1.54, 1.807) is 48.5 Å². The average Bonchev–Trinajstić information content (AvgIpc) is 4.03. The van der Waals surface area contributed by atoms with Crippen molar-refractivity contribution < 1.29 is 44.7 Å². The number of ether oxygens (including phenoxy) is 1. The molecule has 5 heterocycles. The van der Waals surface area contributed by atoms with Gasteiger partial charge in [0.15, 0.2) is 29.0 Å². The summed E-state index contributed by atoms with van der Waals surface area (Å²) in [5.41, 5.74) is 3.41. The molecule has 2 aliphatic rings. The van der Waals surface area contributed by atoms with Crippen molar-refractivity contribution in [2.45, 2.75) is 56.1 Å². The fourth-order valence-electron chi connectivity index (χ4n) is 7.20. The molecule has 3 aromatic carbocycles. The molecule has 3 aromatic heterocycles. The predicted molar refractivity (Wildman–Crippen MR) is 203 cm³/mol. The number of hydrogen-bond acceptors (Lipinski definition) is 15. The Morgan fingerprint density at radius 2 is 1.65 bits per heavy atom. The highest BCUT2D eigenvalue weighted by molar-refractivity contribution is 5.84. The zero-order valence-electron chi connectivity index (χ0n) is 30.4. The van der Waals surface area contributed by atoms with E-state index in [1.807, 2.05) is 29.2 Å². The molecule has 57 heavy (non-hydrogen) atoms. The first kappa shape index (κ1) is 37.5. The number of imidazole rings is 1. The maximum absolute atomic E-state index is 12.8. The van der Waals surface area contributed by atoms with Crippen LogP contribution in [0.25, 0.3) is 11.2 Å². The number of amides is 2. The summed E-state index contributed by atoms with van der Waals surface area (Å²) in [6.45, 7) is 1.04. The van der Waals surface area contributed by atoms with Crippen LogP contribution in [0.2, 0.25) is 0 Å². The summed E-state index contributed by atoms with van der Waals surface area (Å²) in [7, 11) is 0. The number of benzene rings is 3. The summed E-state index contributed by atoms with van der Waals surface area (Å²) < 4.78 is 13.0. The molecule has 9 N–H and O–H groups in total. The lowest BCUT2D eigenvalue weighted by molar-refractivity contribution is -0.0434. The Kier molecular flexibility index (Phi) is 10.5. The summed E-state index contributed by atoms with van der Waals surface area (Å²) in [6, 6.07) is 21.2. The topological polar surface area (TPSA) is 257 Å². The smallest absolute Gasteiger partial charge is 0.315 e. The first-order valence-corrected chi connectivity index (χ1v) is 18.3. The molecular weight excluding hydrogens is 738 g/mol. The van der Waals surface area contributed by atoms with Crippen LogP contribution in [-0.4, -0.2) is 99.2 Å². The van der Waals surface area contributed by atoms with Crippen molar-refractivity contribution in [3.05, 3.63) is 113 Å². The van der Waals surface area contributed by atoms with Crippen molar-refractivity contribution in [1.29, 1.82) is 0 Å². The Labute approximate surface area is 325 Å². The molecule has 5 atom stereocenters. The molecule has 6 aromatic rings. The van der Waals surface area contributed by atoms with Gasteiger partial charge >= 0.3 is 6.03 Å². The highest BCUT2D eigenvalue weighted by Crippen LogP contribution is 2.41. The molecule has 18 heteroatoms. The number of carbonyl (C=O) groups excluding carboxylic acids is 1. The van der Waals surface area contributed by atoms with E-state index in [-0.39, 0.29) is 59.8 Å². The quantitative estimate of drug-likeness (QED) is 0.0866. The van der Waals surface area contributed by atoms with Crippen LogP contribution in [0.3, 0.4) is 0 Å². The fourth-order valence-corrected chi connectivity index (χ4v) is 7.20. The highest BCUT2D eigenvalue weighted by atomic mass is 16.6. The third kappa shape index (κ3) is 7.96. The van der Waals surface area contributed by atoms with Gasteiger partial charge < -0.3 is 60.7 Å². The van der Waals surface area contributed by atoms with Gasteiger partial charge in [0.25, 0.3) is 0 Å². The number of aromatic nitrogens is 5. The van der Waals surface area contributed by atoms with Crippen LogP contribution in [0.1, 0.15) is 52.8 Å². The average molecular weight is 780 g/mol. The van der Waals surface area contributed by atoms with Gasteiger partial charge in [0, 0.05) is 44.2 Å². The van der Waals surface area contributed by atoms with Crippen LogP contribution in [-0.2, 0) is 17.9 Å². The van der Waals surface area contributed by atoms with Gasteiger partial charge in [-0.15, -0.1) is 0 Å². The van der Waals surface area contributed by atoms with Crippen LogP contribution in [0.4, 0.5) is 16.6 Å². The molecule has 2 fully saturated rings. The second kappa shape index (κ2) is 15.9. The van der Waals surface area contributed by atoms with E-state index in [4.69, 9.17) is 19.2 Å². The number of urea groups is 1. The summed E-state index contributed by atoms with van der Waals surface area (Å²) >= 11 is 0. The van der Waals surface area contributed by atoms with E-state index < -0.39 is 24.5 Å². The van der Waals surface area contributed by atoms with Crippen LogP contribution < -0.4 is 20.9 Å². The molecule has 0 spiro atoms. The standard InChI is InChI=1S/C39H41N9O9/c49-19-25-15-30(57-46-25)34-32(53)33(54)37(56-34)48-20-42-31-35(40-17-29(22-4-8-26(50)9-5-22)23-6-10-27(51)11-7-23)44-38(45-36(31)48)47-13-12-24(18-47)43-39(55)41-16-21-2-1-3-28(52)14-21/h1-11,14-15,20,24,29,32-34,37,49-54H,12-13,16-19H2,(H,40,44,45)(H2,41,43,55)/t24-,32+,33+,34-,37-/m1/s1. The Bertz CT molecular complexity index is 2290. The molecule has 2 amide bonds. The van der Waals surface area contributed by atoms with E-state index in [2.05, 4.69) is 26.1 Å². The lowest BCUT2D eigenvalue weighted by Gasteiger charge is -2.22.